The molecule has 0 saturated heterocycles. The van der Waals surface area contributed by atoms with E-state index in [9.17, 15) is 0 Å². The first kappa shape index (κ1) is 12.8. The molecule has 96 valence electrons. The first-order valence-corrected chi connectivity index (χ1v) is 6.51. The second kappa shape index (κ2) is 6.36. The third kappa shape index (κ3) is 3.70. The summed E-state index contributed by atoms with van der Waals surface area (Å²) < 4.78 is 2.06. The van der Waals surface area contributed by atoms with Gasteiger partial charge < -0.3 is 10.3 Å². The van der Waals surface area contributed by atoms with Gasteiger partial charge in [-0.3, -0.25) is 0 Å². The van der Waals surface area contributed by atoms with Gasteiger partial charge in [0.05, 0.1) is 0 Å². The monoisotopic (exact) mass is 243 g/mol. The fourth-order valence-electron chi connectivity index (χ4n) is 2.09. The van der Waals surface area contributed by atoms with E-state index in [1.807, 2.05) is 25.5 Å². The molecular weight excluding hydrogens is 222 g/mol. The summed E-state index contributed by atoms with van der Waals surface area (Å²) >= 11 is 0. The molecule has 1 atom stereocenters. The van der Waals surface area contributed by atoms with Crippen molar-refractivity contribution in [3.05, 3.63) is 54.1 Å². The van der Waals surface area contributed by atoms with Crippen LogP contribution in [0.15, 0.2) is 42.7 Å². The van der Waals surface area contributed by atoms with Gasteiger partial charge in [-0.1, -0.05) is 30.3 Å². The van der Waals surface area contributed by atoms with Gasteiger partial charge in [-0.15, -0.1) is 0 Å². The Morgan fingerprint density at radius 2 is 1.89 bits per heavy atom. The van der Waals surface area contributed by atoms with Gasteiger partial charge in [0.2, 0.25) is 0 Å². The van der Waals surface area contributed by atoms with Crippen molar-refractivity contribution in [1.29, 1.82) is 0 Å². The Morgan fingerprint density at radius 3 is 2.56 bits per heavy atom. The molecule has 1 aromatic carbocycles. The largest absolute Gasteiger partial charge is 0.338 e. The molecule has 0 bridgehead atoms. The molecule has 3 heteroatoms. The van der Waals surface area contributed by atoms with Crippen LogP contribution in [0.2, 0.25) is 0 Å². The zero-order valence-electron chi connectivity index (χ0n) is 10.9. The number of nitrogens with zero attached hydrogens (tertiary/aromatic N) is 2. The van der Waals surface area contributed by atoms with E-state index in [0.29, 0.717) is 0 Å². The van der Waals surface area contributed by atoms with Crippen molar-refractivity contribution < 1.29 is 0 Å². The number of benzene rings is 1. The molecule has 0 aliphatic rings. The zero-order valence-corrected chi connectivity index (χ0v) is 10.9. The normalized spacial score (nSPS) is 12.6. The van der Waals surface area contributed by atoms with Crippen molar-refractivity contribution in [3.8, 4) is 0 Å². The van der Waals surface area contributed by atoms with E-state index < -0.39 is 0 Å². The Balaban J connectivity index is 1.73. The summed E-state index contributed by atoms with van der Waals surface area (Å²) in [6.45, 7) is 0. The molecule has 1 unspecified atom stereocenters. The summed E-state index contributed by atoms with van der Waals surface area (Å²) in [7, 11) is 2.03. The van der Waals surface area contributed by atoms with Crippen LogP contribution in [0.1, 0.15) is 24.2 Å². The third-order valence-corrected chi connectivity index (χ3v) is 3.31. The highest BCUT2D eigenvalue weighted by molar-refractivity contribution is 5.14. The first-order valence-electron chi connectivity index (χ1n) is 6.51. The van der Waals surface area contributed by atoms with Crippen molar-refractivity contribution in [2.75, 3.05) is 0 Å². The van der Waals surface area contributed by atoms with E-state index in [2.05, 4.69) is 33.8 Å². The van der Waals surface area contributed by atoms with Gasteiger partial charge in [0.25, 0.3) is 0 Å². The van der Waals surface area contributed by atoms with E-state index in [4.69, 9.17) is 5.73 Å². The fraction of sp³-hybridized carbons (Fsp3) is 0.400. The molecule has 2 rings (SSSR count). The predicted molar refractivity (Wildman–Crippen MR) is 74.3 cm³/mol. The third-order valence-electron chi connectivity index (χ3n) is 3.31. The van der Waals surface area contributed by atoms with Gasteiger partial charge in [-0.2, -0.15) is 0 Å². The van der Waals surface area contributed by atoms with Gasteiger partial charge in [-0.05, 0) is 24.8 Å². The Bertz CT molecular complexity index is 462. The molecule has 0 amide bonds. The molecule has 1 aromatic heterocycles. The van der Waals surface area contributed by atoms with Crippen LogP contribution in [0, 0.1) is 0 Å². The van der Waals surface area contributed by atoms with Crippen LogP contribution < -0.4 is 5.73 Å². The van der Waals surface area contributed by atoms with Crippen LogP contribution in [-0.4, -0.2) is 15.6 Å². The molecule has 0 fully saturated rings. The minimum atomic E-state index is 0.252. The molecule has 0 aliphatic carbocycles. The average Bonchev–Trinajstić information content (AvgIpc) is 2.81. The van der Waals surface area contributed by atoms with E-state index >= 15 is 0 Å². The van der Waals surface area contributed by atoms with Crippen LogP contribution in [0.3, 0.4) is 0 Å². The van der Waals surface area contributed by atoms with Gasteiger partial charge in [0.15, 0.2) is 0 Å². The number of nitrogens with two attached hydrogens (primary N) is 1. The standard InChI is InChI=1S/C15H21N3/c1-18-12-11-17-15(18)10-9-14(16)8-7-13-5-3-2-4-6-13/h2-6,11-12,14H,7-10,16H2,1H3. The average molecular weight is 243 g/mol. The summed E-state index contributed by atoms with van der Waals surface area (Å²) in [5.41, 5.74) is 7.52. The van der Waals surface area contributed by atoms with Crippen LogP contribution in [0.4, 0.5) is 0 Å². The molecule has 1 heterocycles. The Hall–Kier alpha value is -1.61. The number of hydrogen-bond donors (Lipinski definition) is 1. The molecule has 0 radical (unpaired) electrons. The van der Waals surface area contributed by atoms with E-state index in [-0.39, 0.29) is 6.04 Å². The van der Waals surface area contributed by atoms with E-state index in [1.165, 1.54) is 5.56 Å². The number of aromatic nitrogens is 2. The lowest BCUT2D eigenvalue weighted by Gasteiger charge is -2.11. The SMILES string of the molecule is Cn1ccnc1CCC(N)CCc1ccccc1. The number of hydrogen-bond acceptors (Lipinski definition) is 2. The maximum atomic E-state index is 6.15. The molecule has 0 spiro atoms. The maximum Gasteiger partial charge on any atom is 0.108 e. The van der Waals surface area contributed by atoms with Crippen molar-refractivity contribution in [2.45, 2.75) is 31.7 Å². The molecule has 3 nitrogen and oxygen atoms in total. The minimum Gasteiger partial charge on any atom is -0.338 e. The van der Waals surface area contributed by atoms with E-state index in [0.717, 1.165) is 31.5 Å². The van der Waals surface area contributed by atoms with Gasteiger partial charge in [0, 0.05) is 31.9 Å². The van der Waals surface area contributed by atoms with Crippen molar-refractivity contribution >= 4 is 0 Å². The second-order valence-electron chi connectivity index (χ2n) is 4.78. The summed E-state index contributed by atoms with van der Waals surface area (Å²) in [5.74, 6) is 1.12. The van der Waals surface area contributed by atoms with Crippen molar-refractivity contribution in [2.24, 2.45) is 12.8 Å². The molecule has 0 aliphatic heterocycles. The Labute approximate surface area is 109 Å². The number of imidazole rings is 1. The van der Waals surface area contributed by atoms with Gasteiger partial charge in [-0.25, -0.2) is 4.98 Å². The van der Waals surface area contributed by atoms with Gasteiger partial charge >= 0.3 is 0 Å². The fourth-order valence-corrected chi connectivity index (χ4v) is 2.09. The summed E-state index contributed by atoms with van der Waals surface area (Å²) in [4.78, 5) is 4.31. The Morgan fingerprint density at radius 1 is 1.17 bits per heavy atom. The summed E-state index contributed by atoms with van der Waals surface area (Å²) in [5, 5.41) is 0. The minimum absolute atomic E-state index is 0.252. The van der Waals surface area contributed by atoms with Crippen LogP contribution in [-0.2, 0) is 19.9 Å². The molecule has 2 N–H and O–H groups in total. The maximum absolute atomic E-state index is 6.15. The highest BCUT2D eigenvalue weighted by atomic mass is 15.0. The first-order chi connectivity index (χ1) is 8.75. The lowest BCUT2D eigenvalue weighted by molar-refractivity contribution is 0.554. The highest BCUT2D eigenvalue weighted by Crippen LogP contribution is 2.08. The van der Waals surface area contributed by atoms with Crippen molar-refractivity contribution in [3.63, 3.8) is 0 Å². The second-order valence-corrected chi connectivity index (χ2v) is 4.78. The predicted octanol–water partition coefficient (Wildman–Crippen LogP) is 2.31. The van der Waals surface area contributed by atoms with Gasteiger partial charge in [0.1, 0.15) is 5.82 Å². The zero-order chi connectivity index (χ0) is 12.8. The van der Waals surface area contributed by atoms with Crippen molar-refractivity contribution in [1.82, 2.24) is 9.55 Å². The molecule has 2 aromatic rings. The van der Waals surface area contributed by atoms with Crippen LogP contribution >= 0.6 is 0 Å². The number of rotatable bonds is 6. The summed E-state index contributed by atoms with van der Waals surface area (Å²) in [6.07, 6.45) is 7.86. The molecule has 0 saturated carbocycles. The smallest absolute Gasteiger partial charge is 0.108 e. The van der Waals surface area contributed by atoms with E-state index in [1.54, 1.807) is 0 Å². The lowest BCUT2D eigenvalue weighted by Crippen LogP contribution is -2.22. The quantitative estimate of drug-likeness (QED) is 0.846. The highest BCUT2D eigenvalue weighted by Gasteiger charge is 2.06. The Kier molecular flexibility index (Phi) is 4.53. The lowest BCUT2D eigenvalue weighted by atomic mass is 10.0. The number of aryl methyl sites for hydroxylation is 3. The molecular formula is C15H21N3. The van der Waals surface area contributed by atoms with Crippen LogP contribution in [0.5, 0.6) is 0 Å². The topological polar surface area (TPSA) is 43.8 Å². The summed E-state index contributed by atoms with van der Waals surface area (Å²) in [6, 6.07) is 10.8. The van der Waals surface area contributed by atoms with Crippen LogP contribution in [0.25, 0.3) is 0 Å². The molecule has 18 heavy (non-hydrogen) atoms.